The number of carboxylic acid groups (broad SMARTS) is 1. The molecule has 0 saturated carbocycles. The van der Waals surface area contributed by atoms with E-state index in [2.05, 4.69) is 5.32 Å². The zero-order valence-electron chi connectivity index (χ0n) is 9.83. The van der Waals surface area contributed by atoms with Crippen molar-refractivity contribution >= 4 is 21.8 Å². The first-order chi connectivity index (χ1) is 8.39. The van der Waals surface area contributed by atoms with Crippen molar-refractivity contribution in [2.75, 3.05) is 18.1 Å². The van der Waals surface area contributed by atoms with Gasteiger partial charge in [-0.2, -0.15) is 0 Å². The zero-order valence-corrected chi connectivity index (χ0v) is 10.6. The zero-order chi connectivity index (χ0) is 13.3. The van der Waals surface area contributed by atoms with Crippen LogP contribution in [0.15, 0.2) is 0 Å². The maximum absolute atomic E-state index is 11.9. The maximum Gasteiger partial charge on any atom is 0.326 e. The Morgan fingerprint density at radius 2 is 2.00 bits per heavy atom. The maximum atomic E-state index is 11.9. The van der Waals surface area contributed by atoms with Crippen molar-refractivity contribution in [3.05, 3.63) is 0 Å². The number of urea groups is 1. The standard InChI is InChI=1S/C10H16N2O5S/c13-9(14)8-2-1-4-12(8)10(15)11-7-3-5-18(16,17)6-7/h7-8H,1-6H2,(H,11,15)(H,13,14). The Bertz CT molecular complexity index is 461. The van der Waals surface area contributed by atoms with Gasteiger partial charge in [0.05, 0.1) is 11.5 Å². The van der Waals surface area contributed by atoms with Crippen LogP contribution in [0.25, 0.3) is 0 Å². The first-order valence-corrected chi connectivity index (χ1v) is 7.71. The molecule has 2 rings (SSSR count). The number of rotatable bonds is 2. The second-order valence-electron chi connectivity index (χ2n) is 4.74. The highest BCUT2D eigenvalue weighted by Gasteiger charge is 2.36. The van der Waals surface area contributed by atoms with Crippen molar-refractivity contribution in [2.24, 2.45) is 0 Å². The van der Waals surface area contributed by atoms with Gasteiger partial charge in [0.1, 0.15) is 6.04 Å². The van der Waals surface area contributed by atoms with Crippen LogP contribution in [-0.2, 0) is 14.6 Å². The third kappa shape index (κ3) is 2.74. The Labute approximate surface area is 105 Å². The van der Waals surface area contributed by atoms with E-state index >= 15 is 0 Å². The van der Waals surface area contributed by atoms with Gasteiger partial charge in [0.25, 0.3) is 0 Å². The molecular formula is C10H16N2O5S. The SMILES string of the molecule is O=C(O)C1CCCN1C(=O)NC1CCS(=O)(=O)C1. The summed E-state index contributed by atoms with van der Waals surface area (Å²) in [5, 5.41) is 11.6. The van der Waals surface area contributed by atoms with Crippen molar-refractivity contribution in [1.29, 1.82) is 0 Å². The molecule has 2 aliphatic heterocycles. The molecule has 102 valence electrons. The highest BCUT2D eigenvalue weighted by molar-refractivity contribution is 7.91. The normalized spacial score (nSPS) is 30.3. The lowest BCUT2D eigenvalue weighted by Gasteiger charge is -2.23. The third-order valence-electron chi connectivity index (χ3n) is 3.36. The van der Waals surface area contributed by atoms with Crippen molar-refractivity contribution in [3.8, 4) is 0 Å². The molecule has 0 spiro atoms. The molecule has 2 amide bonds. The summed E-state index contributed by atoms with van der Waals surface area (Å²) in [5.74, 6) is -0.980. The van der Waals surface area contributed by atoms with E-state index in [0.29, 0.717) is 25.8 Å². The lowest BCUT2D eigenvalue weighted by atomic mass is 10.2. The van der Waals surface area contributed by atoms with Crippen LogP contribution in [0.5, 0.6) is 0 Å². The molecule has 0 aromatic rings. The van der Waals surface area contributed by atoms with E-state index < -0.39 is 33.9 Å². The number of likely N-dealkylation sites (tertiary alicyclic amines) is 1. The quantitative estimate of drug-likeness (QED) is 0.703. The smallest absolute Gasteiger partial charge is 0.326 e. The van der Waals surface area contributed by atoms with Crippen LogP contribution >= 0.6 is 0 Å². The van der Waals surface area contributed by atoms with Crippen LogP contribution in [0.4, 0.5) is 4.79 Å². The summed E-state index contributed by atoms with van der Waals surface area (Å²) in [6.45, 7) is 0.405. The van der Waals surface area contributed by atoms with Crippen LogP contribution in [0.2, 0.25) is 0 Å². The third-order valence-corrected chi connectivity index (χ3v) is 5.13. The second-order valence-corrected chi connectivity index (χ2v) is 6.97. The van der Waals surface area contributed by atoms with E-state index in [-0.39, 0.29) is 11.5 Å². The van der Waals surface area contributed by atoms with Crippen molar-refractivity contribution in [1.82, 2.24) is 10.2 Å². The first kappa shape index (κ1) is 13.1. The highest BCUT2D eigenvalue weighted by Crippen LogP contribution is 2.18. The first-order valence-electron chi connectivity index (χ1n) is 5.89. The van der Waals surface area contributed by atoms with Gasteiger partial charge >= 0.3 is 12.0 Å². The van der Waals surface area contributed by atoms with Crippen molar-refractivity contribution < 1.29 is 23.1 Å². The fourth-order valence-electron chi connectivity index (χ4n) is 2.43. The van der Waals surface area contributed by atoms with Gasteiger partial charge in [0.2, 0.25) is 0 Å². The Morgan fingerprint density at radius 3 is 2.56 bits per heavy atom. The molecule has 0 radical (unpaired) electrons. The number of nitrogens with one attached hydrogen (secondary N) is 1. The molecule has 2 unspecified atom stereocenters. The number of carboxylic acids is 1. The van der Waals surface area contributed by atoms with Gasteiger partial charge in [0.15, 0.2) is 9.84 Å². The fraction of sp³-hybridized carbons (Fsp3) is 0.800. The summed E-state index contributed by atoms with van der Waals surface area (Å²) >= 11 is 0. The summed E-state index contributed by atoms with van der Waals surface area (Å²) in [5.41, 5.74) is 0. The lowest BCUT2D eigenvalue weighted by molar-refractivity contribution is -0.141. The monoisotopic (exact) mass is 276 g/mol. The molecule has 2 heterocycles. The van der Waals surface area contributed by atoms with Gasteiger partial charge in [-0.05, 0) is 19.3 Å². The van der Waals surface area contributed by atoms with Crippen LogP contribution in [-0.4, -0.2) is 60.6 Å². The Kier molecular flexibility index (Phi) is 3.47. The summed E-state index contributed by atoms with van der Waals surface area (Å²) in [6.07, 6.45) is 1.51. The summed E-state index contributed by atoms with van der Waals surface area (Å²) in [7, 11) is -3.04. The molecule has 2 fully saturated rings. The summed E-state index contributed by atoms with van der Waals surface area (Å²) in [4.78, 5) is 24.1. The molecular weight excluding hydrogens is 260 g/mol. The number of amides is 2. The predicted molar refractivity (Wildman–Crippen MR) is 63.0 cm³/mol. The molecule has 0 bridgehead atoms. The van der Waals surface area contributed by atoms with E-state index in [9.17, 15) is 18.0 Å². The second kappa shape index (κ2) is 4.75. The van der Waals surface area contributed by atoms with E-state index in [0.717, 1.165) is 0 Å². The Morgan fingerprint density at radius 1 is 1.28 bits per heavy atom. The topological polar surface area (TPSA) is 104 Å². The molecule has 18 heavy (non-hydrogen) atoms. The lowest BCUT2D eigenvalue weighted by Crippen LogP contribution is -2.49. The van der Waals surface area contributed by atoms with Crippen LogP contribution in [0.3, 0.4) is 0 Å². The van der Waals surface area contributed by atoms with Gasteiger partial charge in [-0.1, -0.05) is 0 Å². The van der Waals surface area contributed by atoms with Gasteiger partial charge < -0.3 is 15.3 Å². The molecule has 0 aliphatic carbocycles. The molecule has 2 aliphatic rings. The number of hydrogen-bond acceptors (Lipinski definition) is 4. The molecule has 2 saturated heterocycles. The van der Waals surface area contributed by atoms with Crippen LogP contribution in [0.1, 0.15) is 19.3 Å². The van der Waals surface area contributed by atoms with E-state index in [4.69, 9.17) is 5.11 Å². The Hall–Kier alpha value is -1.31. The average molecular weight is 276 g/mol. The Balaban J connectivity index is 1.94. The number of hydrogen-bond donors (Lipinski definition) is 2. The number of aliphatic carboxylic acids is 1. The molecule has 0 aromatic heterocycles. The minimum Gasteiger partial charge on any atom is -0.480 e. The van der Waals surface area contributed by atoms with Gasteiger partial charge in [0, 0.05) is 12.6 Å². The van der Waals surface area contributed by atoms with Gasteiger partial charge in [-0.25, -0.2) is 18.0 Å². The highest BCUT2D eigenvalue weighted by atomic mass is 32.2. The summed E-state index contributed by atoms with van der Waals surface area (Å²) in [6, 6.07) is -1.65. The molecule has 2 N–H and O–H groups in total. The minimum atomic E-state index is -3.04. The average Bonchev–Trinajstić information content (AvgIpc) is 2.84. The number of carbonyl (C=O) groups excluding carboxylic acids is 1. The molecule has 0 aromatic carbocycles. The number of sulfone groups is 1. The van der Waals surface area contributed by atoms with Gasteiger partial charge in [-0.3, -0.25) is 0 Å². The van der Waals surface area contributed by atoms with Crippen LogP contribution in [0, 0.1) is 0 Å². The van der Waals surface area contributed by atoms with Crippen molar-refractivity contribution in [2.45, 2.75) is 31.3 Å². The van der Waals surface area contributed by atoms with E-state index in [1.807, 2.05) is 0 Å². The molecule has 8 heteroatoms. The number of nitrogens with zero attached hydrogens (tertiary/aromatic N) is 1. The molecule has 7 nitrogen and oxygen atoms in total. The largest absolute Gasteiger partial charge is 0.480 e. The predicted octanol–water partition coefficient (Wildman–Crippen LogP) is -0.568. The van der Waals surface area contributed by atoms with Crippen LogP contribution < -0.4 is 5.32 Å². The van der Waals surface area contributed by atoms with E-state index in [1.165, 1.54) is 4.90 Å². The molecule has 2 atom stereocenters. The fourth-order valence-corrected chi connectivity index (χ4v) is 4.11. The van der Waals surface area contributed by atoms with Gasteiger partial charge in [-0.15, -0.1) is 0 Å². The van der Waals surface area contributed by atoms with E-state index in [1.54, 1.807) is 0 Å². The van der Waals surface area contributed by atoms with Crippen molar-refractivity contribution in [3.63, 3.8) is 0 Å². The minimum absolute atomic E-state index is 0.0513. The summed E-state index contributed by atoms with van der Waals surface area (Å²) < 4.78 is 22.5. The number of carbonyl (C=O) groups is 2.